The average molecular weight is 448 g/mol. The first kappa shape index (κ1) is 23.4. The lowest BCUT2D eigenvalue weighted by atomic mass is 10.3. The van der Waals surface area contributed by atoms with Crippen LogP contribution in [-0.4, -0.2) is 44.4 Å². The summed E-state index contributed by atoms with van der Waals surface area (Å²) >= 11 is 0. The van der Waals surface area contributed by atoms with E-state index in [2.05, 4.69) is 19.9 Å². The summed E-state index contributed by atoms with van der Waals surface area (Å²) in [6.07, 6.45) is -14.4. The molecule has 6 nitrogen and oxygen atoms in total. The Bertz CT molecular complexity index is 838. The third kappa shape index (κ3) is 6.06. The van der Waals surface area contributed by atoms with E-state index in [1.165, 1.54) is 0 Å². The van der Waals surface area contributed by atoms with Crippen LogP contribution in [-0.2, 0) is 6.18 Å². The number of aromatic nitrogens is 4. The van der Waals surface area contributed by atoms with Gasteiger partial charge in [-0.1, -0.05) is 6.07 Å². The van der Waals surface area contributed by atoms with Crippen LogP contribution in [0.25, 0.3) is 11.5 Å². The molecule has 2 rings (SSSR count). The largest absolute Gasteiger partial charge is 0.433 e. The van der Waals surface area contributed by atoms with Crippen molar-refractivity contribution < 1.29 is 39.5 Å². The van der Waals surface area contributed by atoms with Gasteiger partial charge in [-0.25, -0.2) is 4.98 Å². The Labute approximate surface area is 163 Å². The van der Waals surface area contributed by atoms with Crippen LogP contribution in [0.4, 0.5) is 51.4 Å². The minimum Gasteiger partial charge on any atom is -0.343 e. The third-order valence-electron chi connectivity index (χ3n) is 3.58. The molecule has 0 aromatic carbocycles. The van der Waals surface area contributed by atoms with Gasteiger partial charge in [-0.15, -0.1) is 0 Å². The Hall–Kier alpha value is -2.87. The number of hydrogen-bond donors (Lipinski definition) is 2. The minimum atomic E-state index is -4.85. The lowest BCUT2D eigenvalue weighted by Gasteiger charge is -2.20. The van der Waals surface area contributed by atoms with Gasteiger partial charge in [0, 0.05) is 0 Å². The second-order valence-corrected chi connectivity index (χ2v) is 6.03. The Balaban J connectivity index is 2.51. The molecule has 30 heavy (non-hydrogen) atoms. The molecule has 0 aliphatic heterocycles. The van der Waals surface area contributed by atoms with E-state index in [0.717, 1.165) is 12.1 Å². The first-order valence-electron chi connectivity index (χ1n) is 8.04. The van der Waals surface area contributed by atoms with Crippen LogP contribution in [0.2, 0.25) is 0 Å². The molecule has 0 saturated carbocycles. The van der Waals surface area contributed by atoms with Gasteiger partial charge in [0.2, 0.25) is 11.9 Å². The number of nitrogens with zero attached hydrogens (tertiary/aromatic N) is 4. The van der Waals surface area contributed by atoms with Crippen molar-refractivity contribution in [3.63, 3.8) is 0 Å². The smallest absolute Gasteiger partial charge is 0.343 e. The van der Waals surface area contributed by atoms with Crippen LogP contribution in [0.3, 0.4) is 0 Å². The SMILES string of the molecule is C[C@H](Nc1nc(N[C@@H](C)C(F)(F)F)nc(-c2cccc(C(F)(F)F)n2)n1)C(F)(F)F. The molecular weight excluding hydrogens is 435 g/mol. The third-order valence-corrected chi connectivity index (χ3v) is 3.58. The molecule has 0 aliphatic rings. The summed E-state index contributed by atoms with van der Waals surface area (Å²) in [4.78, 5) is 13.8. The summed E-state index contributed by atoms with van der Waals surface area (Å²) in [7, 11) is 0. The highest BCUT2D eigenvalue weighted by molar-refractivity contribution is 5.54. The molecular formula is C15H13F9N6. The van der Waals surface area contributed by atoms with Crippen molar-refractivity contribution in [1.29, 1.82) is 0 Å². The van der Waals surface area contributed by atoms with Crippen molar-refractivity contribution in [2.24, 2.45) is 0 Å². The second-order valence-electron chi connectivity index (χ2n) is 6.03. The van der Waals surface area contributed by atoms with E-state index in [-0.39, 0.29) is 0 Å². The molecule has 166 valence electrons. The van der Waals surface area contributed by atoms with E-state index in [1.54, 1.807) is 0 Å². The zero-order chi connectivity index (χ0) is 22.9. The first-order chi connectivity index (χ1) is 13.6. The van der Waals surface area contributed by atoms with Gasteiger partial charge in [0.1, 0.15) is 23.5 Å². The molecule has 0 fully saturated rings. The molecule has 0 spiro atoms. The van der Waals surface area contributed by atoms with Crippen molar-refractivity contribution in [2.75, 3.05) is 10.6 Å². The van der Waals surface area contributed by atoms with E-state index in [9.17, 15) is 39.5 Å². The number of anilines is 2. The van der Waals surface area contributed by atoms with E-state index in [4.69, 9.17) is 0 Å². The molecule has 0 aliphatic carbocycles. The normalized spacial score (nSPS) is 14.9. The maximum Gasteiger partial charge on any atom is 0.433 e. The monoisotopic (exact) mass is 448 g/mol. The van der Waals surface area contributed by atoms with Crippen LogP contribution in [0.1, 0.15) is 19.5 Å². The summed E-state index contributed by atoms with van der Waals surface area (Å²) in [5.41, 5.74) is -1.88. The Morgan fingerprint density at radius 1 is 0.700 bits per heavy atom. The molecule has 0 saturated heterocycles. The fraction of sp³-hybridized carbons (Fsp3) is 0.467. The van der Waals surface area contributed by atoms with Crippen molar-refractivity contribution >= 4 is 11.9 Å². The predicted octanol–water partition coefficient (Wildman–Crippen LogP) is 4.68. The molecule has 2 atom stereocenters. The van der Waals surface area contributed by atoms with Gasteiger partial charge >= 0.3 is 18.5 Å². The zero-order valence-corrected chi connectivity index (χ0v) is 15.1. The number of halogens is 9. The summed E-state index contributed by atoms with van der Waals surface area (Å²) in [5, 5.41) is 3.66. The summed E-state index contributed by atoms with van der Waals surface area (Å²) < 4.78 is 115. The maximum atomic E-state index is 12.9. The molecule has 2 heterocycles. The van der Waals surface area contributed by atoms with E-state index in [1.807, 2.05) is 10.6 Å². The second kappa shape index (κ2) is 8.10. The van der Waals surface area contributed by atoms with Crippen LogP contribution in [0, 0.1) is 0 Å². The van der Waals surface area contributed by atoms with Crippen LogP contribution >= 0.6 is 0 Å². The molecule has 2 N–H and O–H groups in total. The van der Waals surface area contributed by atoms with Crippen molar-refractivity contribution in [3.8, 4) is 11.5 Å². The maximum absolute atomic E-state index is 12.9. The van der Waals surface area contributed by atoms with Gasteiger partial charge < -0.3 is 10.6 Å². The number of nitrogens with one attached hydrogen (secondary N) is 2. The summed E-state index contributed by atoms with van der Waals surface area (Å²) in [5.74, 6) is -2.27. The van der Waals surface area contributed by atoms with Crippen LogP contribution in [0.15, 0.2) is 18.2 Å². The molecule has 15 heteroatoms. The number of hydrogen-bond acceptors (Lipinski definition) is 6. The molecule has 2 aromatic rings. The van der Waals surface area contributed by atoms with E-state index in [0.29, 0.717) is 19.9 Å². The highest BCUT2D eigenvalue weighted by atomic mass is 19.4. The predicted molar refractivity (Wildman–Crippen MR) is 86.3 cm³/mol. The first-order valence-corrected chi connectivity index (χ1v) is 8.04. The van der Waals surface area contributed by atoms with Crippen LogP contribution < -0.4 is 10.6 Å². The fourth-order valence-electron chi connectivity index (χ4n) is 1.89. The Kier molecular flexibility index (Phi) is 6.32. The molecule has 0 amide bonds. The highest BCUT2D eigenvalue weighted by Gasteiger charge is 2.38. The van der Waals surface area contributed by atoms with E-state index < -0.39 is 59.7 Å². The van der Waals surface area contributed by atoms with Crippen molar-refractivity contribution in [3.05, 3.63) is 23.9 Å². The highest BCUT2D eigenvalue weighted by Crippen LogP contribution is 2.30. The molecule has 0 radical (unpaired) electrons. The fourth-order valence-corrected chi connectivity index (χ4v) is 1.89. The molecule has 2 aromatic heterocycles. The Morgan fingerprint density at radius 2 is 1.17 bits per heavy atom. The van der Waals surface area contributed by atoms with Gasteiger partial charge in [-0.05, 0) is 26.0 Å². The lowest BCUT2D eigenvalue weighted by Crippen LogP contribution is -2.35. The molecule has 0 unspecified atom stereocenters. The van der Waals surface area contributed by atoms with Crippen molar-refractivity contribution in [1.82, 2.24) is 19.9 Å². The van der Waals surface area contributed by atoms with E-state index >= 15 is 0 Å². The lowest BCUT2D eigenvalue weighted by molar-refractivity contribution is -0.141. The van der Waals surface area contributed by atoms with Gasteiger partial charge in [0.25, 0.3) is 0 Å². The molecule has 0 bridgehead atoms. The van der Waals surface area contributed by atoms with Gasteiger partial charge in [-0.2, -0.15) is 54.5 Å². The standard InChI is InChI=1S/C15H13F9N6/c1-6(13(16,17)18)25-11-28-10(8-4-3-5-9(27-8)15(22,23)24)29-12(30-11)26-7(2)14(19,20)21/h3-7H,1-2H3,(H2,25,26,28,29,30)/t6-,7-/m0/s1. The van der Waals surface area contributed by atoms with Crippen molar-refractivity contribution in [2.45, 2.75) is 44.5 Å². The minimum absolute atomic E-state index is 0.530. The van der Waals surface area contributed by atoms with Crippen LogP contribution in [0.5, 0.6) is 0 Å². The topological polar surface area (TPSA) is 75.6 Å². The van der Waals surface area contributed by atoms with Gasteiger partial charge in [-0.3, -0.25) is 0 Å². The number of rotatable bonds is 5. The number of alkyl halides is 9. The van der Waals surface area contributed by atoms with Gasteiger partial charge in [0.15, 0.2) is 5.82 Å². The summed E-state index contributed by atoms with van der Waals surface area (Å²) in [6.45, 7) is 1.38. The zero-order valence-electron chi connectivity index (χ0n) is 15.1. The summed E-state index contributed by atoms with van der Waals surface area (Å²) in [6, 6.07) is -1.85. The van der Waals surface area contributed by atoms with Gasteiger partial charge in [0.05, 0.1) is 0 Å². The quantitative estimate of drug-likeness (QED) is 0.648. The average Bonchev–Trinajstić information content (AvgIpc) is 2.59. The Morgan fingerprint density at radius 3 is 1.57 bits per heavy atom. The number of pyridine rings is 1.